The maximum absolute atomic E-state index is 12.3. The van der Waals surface area contributed by atoms with E-state index in [0.717, 1.165) is 22.9 Å². The lowest BCUT2D eigenvalue weighted by Crippen LogP contribution is -2.17. The van der Waals surface area contributed by atoms with Crippen LogP contribution in [0.2, 0.25) is 0 Å². The van der Waals surface area contributed by atoms with Gasteiger partial charge in [0.05, 0.1) is 10.6 Å². The molecule has 0 radical (unpaired) electrons. The van der Waals surface area contributed by atoms with Gasteiger partial charge in [-0.25, -0.2) is 8.42 Å². The number of benzene rings is 1. The second-order valence-corrected chi connectivity index (χ2v) is 7.13. The van der Waals surface area contributed by atoms with Crippen LogP contribution < -0.4 is 0 Å². The molecule has 0 fully saturated rings. The monoisotopic (exact) mass is 318 g/mol. The van der Waals surface area contributed by atoms with Gasteiger partial charge in [-0.05, 0) is 31.4 Å². The maximum Gasteiger partial charge on any atom is 0.178 e. The summed E-state index contributed by atoms with van der Waals surface area (Å²) < 4.78 is 24.5. The minimum absolute atomic E-state index is 0.181. The summed E-state index contributed by atoms with van der Waals surface area (Å²) in [6.45, 7) is 5.84. The summed E-state index contributed by atoms with van der Waals surface area (Å²) >= 11 is 3.37. The van der Waals surface area contributed by atoms with Gasteiger partial charge in [0.2, 0.25) is 0 Å². The number of rotatable bonds is 5. The summed E-state index contributed by atoms with van der Waals surface area (Å²) in [6, 6.07) is 5.50. The Balaban J connectivity index is 3.05. The van der Waals surface area contributed by atoms with Gasteiger partial charge in [0.1, 0.15) is 0 Å². The summed E-state index contributed by atoms with van der Waals surface area (Å²) in [5.41, 5.74) is 1.93. The van der Waals surface area contributed by atoms with Crippen LogP contribution >= 0.6 is 15.9 Å². The normalized spacial score (nSPS) is 13.6. The van der Waals surface area contributed by atoms with Gasteiger partial charge < -0.3 is 0 Å². The molecule has 96 valence electrons. The van der Waals surface area contributed by atoms with E-state index in [2.05, 4.69) is 15.9 Å². The summed E-state index contributed by atoms with van der Waals surface area (Å²) in [5, 5.41) is 0.730. The average Bonchev–Trinajstić information content (AvgIpc) is 2.25. The van der Waals surface area contributed by atoms with Crippen LogP contribution in [0.1, 0.15) is 24.5 Å². The van der Waals surface area contributed by atoms with Gasteiger partial charge in [0.15, 0.2) is 9.84 Å². The van der Waals surface area contributed by atoms with Crippen LogP contribution in [0.4, 0.5) is 0 Å². The molecule has 1 atom stereocenters. The van der Waals surface area contributed by atoms with Crippen molar-refractivity contribution in [3.05, 3.63) is 29.3 Å². The largest absolute Gasteiger partial charge is 0.224 e. The van der Waals surface area contributed by atoms with Crippen molar-refractivity contribution in [2.24, 2.45) is 5.92 Å². The SMILES string of the molecule is CCC(CBr)CS(=O)(=O)c1ccc(C)cc1C. The van der Waals surface area contributed by atoms with Gasteiger partial charge >= 0.3 is 0 Å². The number of hydrogen-bond donors (Lipinski definition) is 0. The van der Waals surface area contributed by atoms with Crippen molar-refractivity contribution in [1.29, 1.82) is 0 Å². The number of halogens is 1. The van der Waals surface area contributed by atoms with Crippen molar-refractivity contribution in [2.45, 2.75) is 32.1 Å². The molecule has 0 amide bonds. The molecule has 1 rings (SSSR count). The lowest BCUT2D eigenvalue weighted by atomic mass is 10.2. The summed E-state index contributed by atoms with van der Waals surface area (Å²) in [4.78, 5) is 0.475. The Morgan fingerprint density at radius 2 is 1.94 bits per heavy atom. The molecule has 1 unspecified atom stereocenters. The van der Waals surface area contributed by atoms with Crippen LogP contribution in [0.3, 0.4) is 0 Å². The lowest BCUT2D eigenvalue weighted by molar-refractivity contribution is 0.568. The molecule has 4 heteroatoms. The van der Waals surface area contributed by atoms with Crippen molar-refractivity contribution in [1.82, 2.24) is 0 Å². The minimum Gasteiger partial charge on any atom is -0.224 e. The molecule has 0 aliphatic heterocycles. The fourth-order valence-electron chi connectivity index (χ4n) is 1.82. The molecule has 0 bridgehead atoms. The first-order valence-electron chi connectivity index (χ1n) is 5.76. The van der Waals surface area contributed by atoms with E-state index in [0.29, 0.717) is 4.90 Å². The third kappa shape index (κ3) is 3.81. The fourth-order valence-corrected chi connectivity index (χ4v) is 4.79. The molecule has 0 N–H and O–H groups in total. The van der Waals surface area contributed by atoms with Crippen LogP contribution in [0.5, 0.6) is 0 Å². The molecule has 0 aliphatic carbocycles. The summed E-state index contributed by atoms with van der Waals surface area (Å²) in [6.07, 6.45) is 0.870. The second-order valence-electron chi connectivity index (χ2n) is 4.48. The van der Waals surface area contributed by atoms with E-state index >= 15 is 0 Å². The zero-order valence-corrected chi connectivity index (χ0v) is 12.9. The maximum atomic E-state index is 12.3. The quantitative estimate of drug-likeness (QED) is 0.779. The molecule has 0 saturated carbocycles. The van der Waals surface area contributed by atoms with Crippen molar-refractivity contribution >= 4 is 25.8 Å². The molecule has 1 aromatic rings. The van der Waals surface area contributed by atoms with Crippen LogP contribution in [0, 0.1) is 19.8 Å². The fraction of sp³-hybridized carbons (Fsp3) is 0.538. The molecule has 0 aliphatic rings. The number of sulfone groups is 1. The first-order valence-corrected chi connectivity index (χ1v) is 8.54. The molecule has 0 heterocycles. The summed E-state index contributed by atoms with van der Waals surface area (Å²) in [5.74, 6) is 0.402. The number of hydrogen-bond acceptors (Lipinski definition) is 2. The van der Waals surface area contributed by atoms with Gasteiger partial charge in [-0.1, -0.05) is 47.0 Å². The Bertz CT molecular complexity index is 476. The number of aryl methyl sites for hydroxylation is 2. The number of alkyl halides is 1. The van der Waals surface area contributed by atoms with Crippen LogP contribution in [0.25, 0.3) is 0 Å². The molecule has 0 spiro atoms. The Hall–Kier alpha value is -0.350. The highest BCUT2D eigenvalue weighted by atomic mass is 79.9. The van der Waals surface area contributed by atoms with E-state index in [1.165, 1.54) is 0 Å². The Labute approximate surface area is 112 Å². The van der Waals surface area contributed by atoms with Crippen molar-refractivity contribution in [3.63, 3.8) is 0 Å². The highest BCUT2D eigenvalue weighted by Gasteiger charge is 2.21. The van der Waals surface area contributed by atoms with Crippen LogP contribution in [-0.2, 0) is 9.84 Å². The zero-order valence-electron chi connectivity index (χ0n) is 10.5. The lowest BCUT2D eigenvalue weighted by Gasteiger charge is -2.13. The smallest absolute Gasteiger partial charge is 0.178 e. The van der Waals surface area contributed by atoms with Gasteiger partial charge in [0.25, 0.3) is 0 Å². The van der Waals surface area contributed by atoms with Gasteiger partial charge in [-0.2, -0.15) is 0 Å². The molecule has 1 aromatic carbocycles. The predicted octanol–water partition coefficient (Wildman–Crippen LogP) is 3.50. The van der Waals surface area contributed by atoms with Gasteiger partial charge in [-0.15, -0.1) is 0 Å². The third-order valence-electron chi connectivity index (χ3n) is 2.92. The van der Waals surface area contributed by atoms with Crippen molar-refractivity contribution < 1.29 is 8.42 Å². The molecule has 0 aromatic heterocycles. The zero-order chi connectivity index (χ0) is 13.1. The third-order valence-corrected chi connectivity index (χ3v) is 5.87. The Morgan fingerprint density at radius 3 is 2.41 bits per heavy atom. The van der Waals surface area contributed by atoms with Crippen LogP contribution in [0.15, 0.2) is 23.1 Å². The Morgan fingerprint density at radius 1 is 1.29 bits per heavy atom. The first-order chi connectivity index (χ1) is 7.90. The minimum atomic E-state index is -3.16. The van der Waals surface area contributed by atoms with E-state index in [9.17, 15) is 8.42 Å². The average molecular weight is 319 g/mol. The van der Waals surface area contributed by atoms with Gasteiger partial charge in [0, 0.05) is 5.33 Å². The highest BCUT2D eigenvalue weighted by molar-refractivity contribution is 9.09. The Kier molecular flexibility index (Phi) is 5.20. The van der Waals surface area contributed by atoms with E-state index < -0.39 is 9.84 Å². The first kappa shape index (κ1) is 14.7. The van der Waals surface area contributed by atoms with Gasteiger partial charge in [-0.3, -0.25) is 0 Å². The van der Waals surface area contributed by atoms with E-state index in [1.807, 2.05) is 32.9 Å². The van der Waals surface area contributed by atoms with E-state index in [1.54, 1.807) is 6.07 Å². The highest BCUT2D eigenvalue weighted by Crippen LogP contribution is 2.21. The topological polar surface area (TPSA) is 34.1 Å². The second kappa shape index (κ2) is 6.01. The standard InChI is InChI=1S/C13H19BrO2S/c1-4-12(8-14)9-17(15,16)13-6-5-10(2)7-11(13)3/h5-7,12H,4,8-9H2,1-3H3. The van der Waals surface area contributed by atoms with Crippen molar-refractivity contribution in [2.75, 3.05) is 11.1 Å². The van der Waals surface area contributed by atoms with Crippen molar-refractivity contribution in [3.8, 4) is 0 Å². The molecule has 2 nitrogen and oxygen atoms in total. The summed E-state index contributed by atoms with van der Waals surface area (Å²) in [7, 11) is -3.16. The molecule has 0 saturated heterocycles. The predicted molar refractivity (Wildman–Crippen MR) is 75.5 cm³/mol. The molecular weight excluding hydrogens is 300 g/mol. The van der Waals surface area contributed by atoms with E-state index in [-0.39, 0.29) is 11.7 Å². The molecule has 17 heavy (non-hydrogen) atoms. The van der Waals surface area contributed by atoms with E-state index in [4.69, 9.17) is 0 Å². The van der Waals surface area contributed by atoms with Crippen LogP contribution in [-0.4, -0.2) is 19.5 Å². The molecular formula is C13H19BrO2S.